The number of nitro groups is 1. The summed E-state index contributed by atoms with van der Waals surface area (Å²) in [5.41, 5.74) is 5.21. The lowest BCUT2D eigenvalue weighted by molar-refractivity contribution is -0.384. The third kappa shape index (κ3) is 4.69. The standard InChI is InChI=1S/C13H14N2O5/c14-8-12(17)6-5-11(16)7-13(18)9-1-3-10(4-2-9)15(19)20/h1-4H,5-8,14H2. The van der Waals surface area contributed by atoms with Crippen LogP contribution in [0.2, 0.25) is 0 Å². The molecule has 0 aliphatic carbocycles. The van der Waals surface area contributed by atoms with E-state index in [0.717, 1.165) is 0 Å². The molecule has 7 nitrogen and oxygen atoms in total. The van der Waals surface area contributed by atoms with Crippen molar-refractivity contribution in [2.75, 3.05) is 6.54 Å². The molecule has 0 saturated heterocycles. The number of nitro benzene ring substituents is 1. The zero-order chi connectivity index (χ0) is 15.1. The van der Waals surface area contributed by atoms with Crippen molar-refractivity contribution in [3.8, 4) is 0 Å². The van der Waals surface area contributed by atoms with Gasteiger partial charge < -0.3 is 5.73 Å². The van der Waals surface area contributed by atoms with Crippen LogP contribution < -0.4 is 5.73 Å². The number of Topliss-reactive ketones (excluding diaryl/α,β-unsaturated/α-hetero) is 3. The molecule has 20 heavy (non-hydrogen) atoms. The van der Waals surface area contributed by atoms with E-state index in [0.29, 0.717) is 0 Å². The van der Waals surface area contributed by atoms with E-state index in [1.807, 2.05) is 0 Å². The van der Waals surface area contributed by atoms with Crippen molar-refractivity contribution < 1.29 is 19.3 Å². The van der Waals surface area contributed by atoms with Crippen LogP contribution >= 0.6 is 0 Å². The molecule has 2 N–H and O–H groups in total. The molecule has 0 aliphatic heterocycles. The van der Waals surface area contributed by atoms with E-state index in [1.165, 1.54) is 24.3 Å². The Kier molecular flexibility index (Phi) is 5.67. The van der Waals surface area contributed by atoms with Gasteiger partial charge in [-0.15, -0.1) is 0 Å². The molecule has 0 unspecified atom stereocenters. The van der Waals surface area contributed by atoms with Crippen molar-refractivity contribution >= 4 is 23.0 Å². The van der Waals surface area contributed by atoms with Crippen molar-refractivity contribution in [3.05, 3.63) is 39.9 Å². The zero-order valence-corrected chi connectivity index (χ0v) is 10.7. The number of benzene rings is 1. The molecule has 0 bridgehead atoms. The van der Waals surface area contributed by atoms with Crippen LogP contribution in [0.5, 0.6) is 0 Å². The average molecular weight is 278 g/mol. The third-order valence-electron chi connectivity index (χ3n) is 2.67. The number of hydrogen-bond donors (Lipinski definition) is 1. The van der Waals surface area contributed by atoms with Crippen LogP contribution in [0, 0.1) is 10.1 Å². The number of rotatable bonds is 8. The molecule has 0 atom stereocenters. The monoisotopic (exact) mass is 278 g/mol. The van der Waals surface area contributed by atoms with Gasteiger partial charge in [-0.1, -0.05) is 0 Å². The Morgan fingerprint density at radius 2 is 1.60 bits per heavy atom. The first-order chi connectivity index (χ1) is 9.43. The first-order valence-corrected chi connectivity index (χ1v) is 5.95. The Morgan fingerprint density at radius 3 is 2.10 bits per heavy atom. The third-order valence-corrected chi connectivity index (χ3v) is 2.67. The van der Waals surface area contributed by atoms with Crippen molar-refractivity contribution in [2.24, 2.45) is 5.73 Å². The van der Waals surface area contributed by atoms with Crippen molar-refractivity contribution in [1.82, 2.24) is 0 Å². The fourth-order valence-corrected chi connectivity index (χ4v) is 1.52. The SMILES string of the molecule is NCC(=O)CCC(=O)CC(=O)c1ccc([N+](=O)[O-])cc1. The maximum atomic E-state index is 11.8. The second-order valence-electron chi connectivity index (χ2n) is 4.19. The van der Waals surface area contributed by atoms with Gasteiger partial charge in [-0.05, 0) is 12.1 Å². The Labute approximate surface area is 114 Å². The summed E-state index contributed by atoms with van der Waals surface area (Å²) in [7, 11) is 0. The molecule has 0 heterocycles. The summed E-state index contributed by atoms with van der Waals surface area (Å²) < 4.78 is 0. The highest BCUT2D eigenvalue weighted by atomic mass is 16.6. The number of nitrogens with two attached hydrogens (primary N) is 1. The molecule has 1 rings (SSSR count). The van der Waals surface area contributed by atoms with E-state index >= 15 is 0 Å². The predicted octanol–water partition coefficient (Wildman–Crippen LogP) is 1.04. The number of ketones is 3. The van der Waals surface area contributed by atoms with E-state index in [-0.39, 0.29) is 48.6 Å². The predicted molar refractivity (Wildman–Crippen MR) is 70.3 cm³/mol. The molecule has 0 spiro atoms. The Morgan fingerprint density at radius 1 is 1.05 bits per heavy atom. The van der Waals surface area contributed by atoms with Crippen molar-refractivity contribution in [3.63, 3.8) is 0 Å². The summed E-state index contributed by atoms with van der Waals surface area (Å²) in [6.45, 7) is -0.121. The van der Waals surface area contributed by atoms with Gasteiger partial charge in [-0.2, -0.15) is 0 Å². The van der Waals surface area contributed by atoms with Gasteiger partial charge in [0.15, 0.2) is 5.78 Å². The zero-order valence-electron chi connectivity index (χ0n) is 10.7. The minimum atomic E-state index is -0.572. The quantitative estimate of drug-likeness (QED) is 0.328. The Bertz CT molecular complexity index is 536. The summed E-state index contributed by atoms with van der Waals surface area (Å²) >= 11 is 0. The van der Waals surface area contributed by atoms with Crippen LogP contribution in [0.15, 0.2) is 24.3 Å². The van der Waals surface area contributed by atoms with Crippen LogP contribution in [0.4, 0.5) is 5.69 Å². The summed E-state index contributed by atoms with van der Waals surface area (Å²) in [6.07, 6.45) is -0.312. The lowest BCUT2D eigenvalue weighted by Crippen LogP contribution is -2.16. The summed E-state index contributed by atoms with van der Waals surface area (Å²) in [5, 5.41) is 10.5. The number of carbonyl (C=O) groups is 3. The fourth-order valence-electron chi connectivity index (χ4n) is 1.52. The Balaban J connectivity index is 2.55. The molecule has 7 heteroatoms. The number of carbonyl (C=O) groups excluding carboxylic acids is 3. The molecule has 1 aromatic carbocycles. The molecule has 0 radical (unpaired) electrons. The summed E-state index contributed by atoms with van der Waals surface area (Å²) in [4.78, 5) is 44.1. The minimum absolute atomic E-state index is 0.0191. The summed E-state index contributed by atoms with van der Waals surface area (Å²) in [6, 6.07) is 5.02. The van der Waals surface area contributed by atoms with E-state index in [2.05, 4.69) is 0 Å². The first kappa shape index (κ1) is 15.6. The van der Waals surface area contributed by atoms with Gasteiger partial charge in [-0.25, -0.2) is 0 Å². The topological polar surface area (TPSA) is 120 Å². The van der Waals surface area contributed by atoms with Crippen molar-refractivity contribution in [2.45, 2.75) is 19.3 Å². The lowest BCUT2D eigenvalue weighted by atomic mass is 10.0. The lowest BCUT2D eigenvalue weighted by Gasteiger charge is -2.01. The number of nitrogens with zero attached hydrogens (tertiary/aromatic N) is 1. The first-order valence-electron chi connectivity index (χ1n) is 5.95. The van der Waals surface area contributed by atoms with E-state index in [1.54, 1.807) is 0 Å². The van der Waals surface area contributed by atoms with Gasteiger partial charge in [0.1, 0.15) is 11.6 Å². The highest BCUT2D eigenvalue weighted by Crippen LogP contribution is 2.13. The smallest absolute Gasteiger partial charge is 0.269 e. The van der Waals surface area contributed by atoms with Gasteiger partial charge >= 0.3 is 0 Å². The summed E-state index contributed by atoms with van der Waals surface area (Å²) in [5.74, 6) is -1.01. The van der Waals surface area contributed by atoms with Crippen LogP contribution in [0.3, 0.4) is 0 Å². The molecule has 0 aromatic heterocycles. The van der Waals surface area contributed by atoms with Gasteiger partial charge in [0.25, 0.3) is 5.69 Å². The molecule has 0 saturated carbocycles. The number of hydrogen-bond acceptors (Lipinski definition) is 6. The van der Waals surface area contributed by atoms with E-state index in [9.17, 15) is 24.5 Å². The van der Waals surface area contributed by atoms with E-state index < -0.39 is 10.7 Å². The normalized spacial score (nSPS) is 10.1. The average Bonchev–Trinajstić information content (AvgIpc) is 2.44. The molecule has 1 aromatic rings. The fraction of sp³-hybridized carbons (Fsp3) is 0.308. The molecule has 0 amide bonds. The van der Waals surface area contributed by atoms with Crippen molar-refractivity contribution in [1.29, 1.82) is 0 Å². The van der Waals surface area contributed by atoms with E-state index in [4.69, 9.17) is 5.73 Å². The second kappa shape index (κ2) is 7.25. The molecule has 106 valence electrons. The van der Waals surface area contributed by atoms with Crippen LogP contribution in [-0.4, -0.2) is 28.8 Å². The molecule has 0 fully saturated rings. The molecular weight excluding hydrogens is 264 g/mol. The highest BCUT2D eigenvalue weighted by Gasteiger charge is 2.14. The highest BCUT2D eigenvalue weighted by molar-refractivity contribution is 6.08. The van der Waals surface area contributed by atoms with Crippen LogP contribution in [-0.2, 0) is 9.59 Å². The van der Waals surface area contributed by atoms with Gasteiger partial charge in [0.2, 0.25) is 0 Å². The maximum absolute atomic E-state index is 11.8. The van der Waals surface area contributed by atoms with Crippen LogP contribution in [0.1, 0.15) is 29.6 Å². The van der Waals surface area contributed by atoms with Gasteiger partial charge in [-0.3, -0.25) is 24.5 Å². The molecular formula is C13H14N2O5. The number of non-ortho nitro benzene ring substituents is 1. The molecule has 0 aliphatic rings. The maximum Gasteiger partial charge on any atom is 0.269 e. The second-order valence-corrected chi connectivity index (χ2v) is 4.19. The Hall–Kier alpha value is -2.41. The van der Waals surface area contributed by atoms with Gasteiger partial charge in [0, 0.05) is 30.5 Å². The largest absolute Gasteiger partial charge is 0.324 e. The minimum Gasteiger partial charge on any atom is -0.324 e. The van der Waals surface area contributed by atoms with Crippen LogP contribution in [0.25, 0.3) is 0 Å². The van der Waals surface area contributed by atoms with Gasteiger partial charge in [0.05, 0.1) is 17.9 Å².